The molecule has 314 valence electrons. The Hall–Kier alpha value is -4.01. The van der Waals surface area contributed by atoms with E-state index in [2.05, 4.69) is 105 Å². The van der Waals surface area contributed by atoms with Crippen LogP contribution in [0.1, 0.15) is 123 Å². The third-order valence-electron chi connectivity index (χ3n) is 8.45. The van der Waals surface area contributed by atoms with Crippen LogP contribution >= 0.6 is 0 Å². The third-order valence-corrected chi connectivity index (χ3v) is 8.45. The fourth-order valence-electron chi connectivity index (χ4n) is 5.27. The van der Waals surface area contributed by atoms with Crippen LogP contribution in [0.4, 0.5) is 0 Å². The first-order chi connectivity index (χ1) is 27.1. The summed E-state index contributed by atoms with van der Waals surface area (Å²) < 4.78 is 17.0. The lowest BCUT2D eigenvalue weighted by Gasteiger charge is -2.31. The number of hydrogen-bond acceptors (Lipinski definition) is 6. The zero-order valence-corrected chi connectivity index (χ0v) is 35.5. The number of carboxylic acid groups (broad SMARTS) is 1. The van der Waals surface area contributed by atoms with E-state index in [1.165, 1.54) is 0 Å². The van der Waals surface area contributed by atoms with E-state index in [9.17, 15) is 19.5 Å². The highest BCUT2D eigenvalue weighted by Crippen LogP contribution is 2.11. The number of carbonyl (C=O) groups excluding carboxylic acids is 2. The van der Waals surface area contributed by atoms with E-state index in [-0.39, 0.29) is 36.7 Å². The molecule has 0 saturated carbocycles. The molecule has 0 rings (SSSR count). The van der Waals surface area contributed by atoms with Gasteiger partial charge in [0.05, 0.1) is 40.8 Å². The summed E-state index contributed by atoms with van der Waals surface area (Å²) in [5, 5.41) is 9.58. The predicted octanol–water partition coefficient (Wildman–Crippen LogP) is 11.3. The van der Waals surface area contributed by atoms with Crippen LogP contribution in [-0.2, 0) is 28.6 Å². The zero-order chi connectivity index (χ0) is 41.4. The number of carboxylic acids is 1. The molecule has 8 nitrogen and oxygen atoms in total. The summed E-state index contributed by atoms with van der Waals surface area (Å²) >= 11 is 0. The molecule has 0 aromatic carbocycles. The van der Waals surface area contributed by atoms with Crippen molar-refractivity contribution in [3.8, 4) is 0 Å². The predicted molar refractivity (Wildman–Crippen MR) is 233 cm³/mol. The largest absolute Gasteiger partial charge is 0.477 e. The lowest BCUT2D eigenvalue weighted by atomic mass is 10.1. The molecule has 0 aliphatic rings. The summed E-state index contributed by atoms with van der Waals surface area (Å²) in [6.45, 7) is 4.32. The van der Waals surface area contributed by atoms with Gasteiger partial charge in [0.15, 0.2) is 12.1 Å². The number of ether oxygens (including phenoxy) is 3. The fourth-order valence-corrected chi connectivity index (χ4v) is 5.27. The number of allylic oxidation sites excluding steroid dienone is 17. The molecule has 0 aromatic rings. The number of aliphatic carboxylic acids is 1. The standard InChI is InChI=1S/C48H75NO7/c1-6-8-10-12-14-16-17-18-19-20-21-22-23-24-25-26-27-28-29-31-32-34-36-38-46(50)55-43-44(42-54-41-40-45(48(52)53)49(3,4)5)56-47(51)39-37-35-33-30-15-13-11-9-7-2/h8-11,14-16,18-19,21-22,24-25,27-28,30,35,37,44-45H,6-7,12-13,17,20,23,26,29,31-34,36,38-43H2,1-5H3/p+1/b10-8+,11-9+,16-14+,19-18+,22-21+,25-24+,28-27+,30-15+,37-35+. The average molecular weight is 779 g/mol. The van der Waals surface area contributed by atoms with Crippen LogP contribution in [0.15, 0.2) is 109 Å². The third kappa shape index (κ3) is 35.7. The van der Waals surface area contributed by atoms with Gasteiger partial charge in [-0.25, -0.2) is 4.79 Å². The van der Waals surface area contributed by atoms with E-state index < -0.39 is 24.1 Å². The van der Waals surface area contributed by atoms with E-state index in [0.717, 1.165) is 89.9 Å². The average Bonchev–Trinajstić information content (AvgIpc) is 3.15. The topological polar surface area (TPSA) is 99.1 Å². The highest BCUT2D eigenvalue weighted by atomic mass is 16.6. The van der Waals surface area contributed by atoms with E-state index in [1.807, 2.05) is 33.3 Å². The second kappa shape index (κ2) is 37.9. The van der Waals surface area contributed by atoms with Crippen LogP contribution in [0.3, 0.4) is 0 Å². The number of nitrogens with zero attached hydrogens (tertiary/aromatic N) is 1. The van der Waals surface area contributed by atoms with Crippen LogP contribution in [0.5, 0.6) is 0 Å². The highest BCUT2D eigenvalue weighted by molar-refractivity contribution is 5.72. The van der Waals surface area contributed by atoms with E-state index in [4.69, 9.17) is 14.2 Å². The molecule has 0 fully saturated rings. The van der Waals surface area contributed by atoms with Gasteiger partial charge in [0.1, 0.15) is 6.61 Å². The Bertz CT molecular complexity index is 1280. The SMILES string of the molecule is CC/C=C/C/C=C/C/C=C/C/C=C/C/C=C/C/C=C/CCCCCCC(=O)OCC(COCCC(C(=O)O)[N+](C)(C)C)OC(=O)C/C=C/C/C=C/C/C=C/CC. The maximum atomic E-state index is 12.6. The number of hydrogen-bond donors (Lipinski definition) is 1. The van der Waals surface area contributed by atoms with Gasteiger partial charge in [0.2, 0.25) is 0 Å². The molecular formula is C48H76NO7+. The maximum absolute atomic E-state index is 12.6. The van der Waals surface area contributed by atoms with Gasteiger partial charge in [-0.2, -0.15) is 0 Å². The minimum Gasteiger partial charge on any atom is -0.477 e. The number of carbonyl (C=O) groups is 3. The van der Waals surface area contributed by atoms with Crippen LogP contribution in [0.25, 0.3) is 0 Å². The van der Waals surface area contributed by atoms with Gasteiger partial charge in [0.25, 0.3) is 0 Å². The Kier molecular flexibility index (Phi) is 35.2. The summed E-state index contributed by atoms with van der Waals surface area (Å²) in [6.07, 6.45) is 51.8. The molecule has 0 aliphatic heterocycles. The van der Waals surface area contributed by atoms with Crippen LogP contribution in [0.2, 0.25) is 0 Å². The van der Waals surface area contributed by atoms with E-state index in [1.54, 1.807) is 6.08 Å². The Morgan fingerprint density at radius 1 is 0.554 bits per heavy atom. The Morgan fingerprint density at radius 2 is 1.00 bits per heavy atom. The molecule has 0 bridgehead atoms. The first-order valence-electron chi connectivity index (χ1n) is 20.9. The lowest BCUT2D eigenvalue weighted by Crippen LogP contribution is -2.50. The summed E-state index contributed by atoms with van der Waals surface area (Å²) in [4.78, 5) is 36.7. The number of likely N-dealkylation sites (N-methyl/N-ethyl adjacent to an activating group) is 1. The van der Waals surface area contributed by atoms with Crippen LogP contribution in [-0.4, -0.2) is 80.6 Å². The first-order valence-corrected chi connectivity index (χ1v) is 20.9. The van der Waals surface area contributed by atoms with Gasteiger partial charge in [-0.05, 0) is 77.0 Å². The first kappa shape index (κ1) is 52.0. The summed E-state index contributed by atoms with van der Waals surface area (Å²) in [5.41, 5.74) is 0. The Labute approximate surface area is 340 Å². The molecule has 0 amide bonds. The van der Waals surface area contributed by atoms with Gasteiger partial charge < -0.3 is 23.8 Å². The Balaban J connectivity index is 4.39. The minimum atomic E-state index is -0.897. The smallest absolute Gasteiger partial charge is 0.362 e. The maximum Gasteiger partial charge on any atom is 0.362 e. The van der Waals surface area contributed by atoms with Gasteiger partial charge >= 0.3 is 17.9 Å². The van der Waals surface area contributed by atoms with Crippen LogP contribution in [0, 0.1) is 0 Å². The van der Waals surface area contributed by atoms with Crippen molar-refractivity contribution < 1.29 is 38.2 Å². The quantitative estimate of drug-likeness (QED) is 0.0296. The molecular weight excluding hydrogens is 703 g/mol. The van der Waals surface area contributed by atoms with Crippen molar-refractivity contribution in [1.82, 2.24) is 0 Å². The number of rotatable bonds is 35. The monoisotopic (exact) mass is 779 g/mol. The minimum absolute atomic E-state index is 0.00876. The molecule has 56 heavy (non-hydrogen) atoms. The molecule has 0 spiro atoms. The second-order valence-corrected chi connectivity index (χ2v) is 14.5. The van der Waals surface area contributed by atoms with Crippen LogP contribution < -0.4 is 0 Å². The summed E-state index contributed by atoms with van der Waals surface area (Å²) in [7, 11) is 5.47. The molecule has 2 unspecified atom stereocenters. The molecule has 0 radical (unpaired) electrons. The van der Waals surface area contributed by atoms with Gasteiger partial charge in [0, 0.05) is 12.8 Å². The highest BCUT2D eigenvalue weighted by Gasteiger charge is 2.31. The summed E-state index contributed by atoms with van der Waals surface area (Å²) in [5.74, 6) is -1.67. The molecule has 0 saturated heterocycles. The molecule has 2 atom stereocenters. The molecule has 1 N–H and O–H groups in total. The zero-order valence-electron chi connectivity index (χ0n) is 35.5. The van der Waals surface area contributed by atoms with Crippen molar-refractivity contribution in [2.75, 3.05) is 41.0 Å². The van der Waals surface area contributed by atoms with Crippen molar-refractivity contribution in [2.45, 2.75) is 135 Å². The molecule has 0 aromatic heterocycles. The fraction of sp³-hybridized carbons (Fsp3) is 0.562. The normalized spacial score (nSPS) is 14.1. The number of esters is 2. The lowest BCUT2D eigenvalue weighted by molar-refractivity contribution is -0.887. The van der Waals surface area contributed by atoms with Crippen molar-refractivity contribution in [2.24, 2.45) is 0 Å². The van der Waals surface area contributed by atoms with Crippen molar-refractivity contribution in [3.63, 3.8) is 0 Å². The molecule has 0 aliphatic carbocycles. The number of unbranched alkanes of at least 4 members (excludes halogenated alkanes) is 4. The molecule has 8 heteroatoms. The number of quaternary nitrogens is 1. The Morgan fingerprint density at radius 3 is 1.46 bits per heavy atom. The summed E-state index contributed by atoms with van der Waals surface area (Å²) in [6, 6.07) is -0.638. The van der Waals surface area contributed by atoms with Gasteiger partial charge in [-0.1, -0.05) is 136 Å². The van der Waals surface area contributed by atoms with E-state index >= 15 is 0 Å². The van der Waals surface area contributed by atoms with Crippen molar-refractivity contribution >= 4 is 17.9 Å². The second-order valence-electron chi connectivity index (χ2n) is 14.5. The molecule has 0 heterocycles. The van der Waals surface area contributed by atoms with Crippen molar-refractivity contribution in [1.29, 1.82) is 0 Å². The van der Waals surface area contributed by atoms with Gasteiger partial charge in [-0.3, -0.25) is 9.59 Å². The van der Waals surface area contributed by atoms with Gasteiger partial charge in [-0.15, -0.1) is 0 Å². The van der Waals surface area contributed by atoms with Crippen molar-refractivity contribution in [3.05, 3.63) is 109 Å². The van der Waals surface area contributed by atoms with E-state index in [0.29, 0.717) is 12.8 Å².